The highest BCUT2D eigenvalue weighted by Gasteiger charge is 2.45. The number of rotatable bonds is 49. The molecule has 3 aliphatic heterocycles. The Morgan fingerprint density at radius 1 is 0.454 bits per heavy atom. The van der Waals surface area contributed by atoms with Crippen LogP contribution in [-0.2, 0) is 64.0 Å². The smallest absolute Gasteiger partial charge is 0.253 e. The molecule has 2 aromatic heterocycles. The number of aliphatic imine (C=N–C) groups is 3. The number of nitrogens with two attached hydrogens (primary N) is 10. The number of aliphatic hydroxyl groups excluding tert-OH is 1. The van der Waals surface area contributed by atoms with Crippen LogP contribution >= 0.6 is 0 Å². The van der Waals surface area contributed by atoms with Gasteiger partial charge in [-0.25, -0.2) is 4.98 Å². The zero-order valence-electron chi connectivity index (χ0n) is 67.5. The number of hydrogen-bond donors (Lipinski definition) is 20. The highest BCUT2D eigenvalue weighted by atomic mass is 16.3. The molecule has 41 heteroatoms. The van der Waals surface area contributed by atoms with Gasteiger partial charge in [0, 0.05) is 56.5 Å². The Morgan fingerprint density at radius 2 is 0.849 bits per heavy atom. The van der Waals surface area contributed by atoms with Gasteiger partial charge in [0.15, 0.2) is 17.9 Å². The number of unbranched alkanes of at least 4 members (excludes halogenated alkanes) is 3. The monoisotopic (exact) mass is 1660 g/mol. The highest BCUT2D eigenvalue weighted by molar-refractivity contribution is 6.17. The third-order valence-corrected chi connectivity index (χ3v) is 20.9. The number of fused-ring (bicyclic) bond motifs is 2. The van der Waals surface area contributed by atoms with Gasteiger partial charge >= 0.3 is 0 Å². The van der Waals surface area contributed by atoms with E-state index in [1.165, 1.54) is 27.9 Å². The molecular formula is C78H120N26O15. The number of primary amides is 1. The maximum atomic E-state index is 15.1. The normalized spacial score (nSPS) is 17.3. The highest BCUT2D eigenvalue weighted by Crippen LogP contribution is 2.28. The maximum Gasteiger partial charge on any atom is 0.253 e. The summed E-state index contributed by atoms with van der Waals surface area (Å²) in [6, 6.07) is 3.00. The number of guanidine groups is 3. The Kier molecular flexibility index (Phi) is 38.1. The molecule has 0 radical (unpaired) electrons. The largest absolute Gasteiger partial charge is 0.469 e. The van der Waals surface area contributed by atoms with Crippen LogP contribution in [0, 0.1) is 0 Å². The molecule has 3 saturated heterocycles. The molecule has 0 spiro atoms. The predicted molar refractivity (Wildman–Crippen MR) is 443 cm³/mol. The number of aromatic nitrogens is 1. The van der Waals surface area contributed by atoms with Crippen molar-refractivity contribution in [1.29, 1.82) is 0 Å². The number of nitrogens with zero attached hydrogens (tertiary/aromatic N) is 7. The molecule has 0 unspecified atom stereocenters. The summed E-state index contributed by atoms with van der Waals surface area (Å²) in [7, 11) is 0. The standard InChI is InChI=1S/C78H120N26O15/c1-45(105)63(101-68(111)57(43-46-19-18-42-119-46)100-72(115)62-47-20-2-4-22-49(47)93-50-23-5-3-21-48(50)62)75(118)104-41-17-32-60(104)71(114)98-54(26-8-11-35-81)67(110)99-56(29-14-38-91-78(87)88)74(117)103-40-16-30-58(103)69(112)96-52(27-12-36-89-76(83)84)65(108)92-44-61(106)94-55(28-13-37-90-77(85)86)73(116)102-39-15-31-59(102)70(113)97-53(25-7-10-34-80)66(109)95-51(64(82)107)24-6-9-33-79/h2-5,18-23,42,45,51-60,63,105H,6-17,24-41,43-44,79-81H2,1H3,(H2,82,107)(H,92,108)(H,94,106)(H,95,109)(H,96,112)(H,97,113)(H,98,114)(H,99,110)(H,100,115)(H,101,111)(H4,83,84,89)(H4,85,86,90)(H4,87,88,91)/t45-,51+,52+,53+,54+,55+,56+,57+,58+,59+,60+,63+/m1/s1. The molecular weight excluding hydrogens is 1540 g/mol. The van der Waals surface area contributed by atoms with Crippen LogP contribution in [0.15, 0.2) is 86.3 Å². The second-order valence-electron chi connectivity index (χ2n) is 29.9. The molecule has 3 fully saturated rings. The summed E-state index contributed by atoms with van der Waals surface area (Å²) in [6.07, 6.45) is 4.17. The Labute approximate surface area is 689 Å². The molecule has 41 nitrogen and oxygen atoms in total. The fourth-order valence-corrected chi connectivity index (χ4v) is 14.8. The minimum atomic E-state index is -1.66. The average molecular weight is 1660 g/mol. The number of carbonyl (C=O) groups is 13. The molecule has 119 heavy (non-hydrogen) atoms. The first-order valence-electron chi connectivity index (χ1n) is 40.7. The summed E-state index contributed by atoms with van der Waals surface area (Å²) in [5.74, 6) is -10.4. The molecule has 0 aliphatic carbocycles. The minimum absolute atomic E-state index is 0.00138. The maximum absolute atomic E-state index is 15.1. The second kappa shape index (κ2) is 48.1. The first-order valence-corrected chi connectivity index (χ1v) is 40.7. The van der Waals surface area contributed by atoms with Crippen LogP contribution in [0.4, 0.5) is 0 Å². The molecule has 30 N–H and O–H groups in total. The molecule has 3 aliphatic rings. The SMILES string of the molecule is C[C@@H](O)[C@H](NC(=O)[C@H](Cc1ccco1)NC(=O)c1c2ccccc2nc2ccccc12)C(=O)N1CCC[C@H]1C(=O)N[C@@H](CCCCN)C(=O)N[C@@H](CCCN=C(N)N)C(=O)N1CCC[C@H]1C(=O)N[C@@H](CCCN=C(N)N)C(=O)NCC(=O)N[C@@H](CCCN=C(N)N)C(=O)N1CCC[C@H]1C(=O)N[C@@H](CCCCN)C(=O)N[C@@H](CCCCN)C(N)=O. The van der Waals surface area contributed by atoms with E-state index in [1.807, 2.05) is 0 Å². The fraction of sp³-hybridized carbons (Fsp3) is 0.577. The number of furan rings is 1. The summed E-state index contributed by atoms with van der Waals surface area (Å²) in [5.41, 5.74) is 57.9. The first-order chi connectivity index (χ1) is 57.0. The summed E-state index contributed by atoms with van der Waals surface area (Å²) in [6.45, 7) is 1.54. The van der Waals surface area contributed by atoms with Gasteiger partial charge < -0.3 is 129 Å². The number of nitrogens with one attached hydrogen (secondary N) is 9. The Bertz CT molecular complexity index is 4160. The van der Waals surface area contributed by atoms with E-state index in [0.29, 0.717) is 92.0 Å². The minimum Gasteiger partial charge on any atom is -0.469 e. The third kappa shape index (κ3) is 28.7. The van der Waals surface area contributed by atoms with Gasteiger partial charge in [0.25, 0.3) is 5.91 Å². The van der Waals surface area contributed by atoms with E-state index < -0.39 is 156 Å². The van der Waals surface area contributed by atoms with Crippen LogP contribution in [0.5, 0.6) is 0 Å². The molecule has 4 aromatic rings. The van der Waals surface area contributed by atoms with E-state index >= 15 is 4.79 Å². The van der Waals surface area contributed by atoms with E-state index in [4.69, 9.17) is 66.7 Å². The summed E-state index contributed by atoms with van der Waals surface area (Å²) < 4.78 is 5.60. The fourth-order valence-electron chi connectivity index (χ4n) is 14.8. The molecule has 652 valence electrons. The number of para-hydroxylation sites is 2. The molecule has 0 bridgehead atoms. The van der Waals surface area contributed by atoms with Crippen molar-refractivity contribution in [2.75, 3.05) is 65.4 Å². The second-order valence-corrected chi connectivity index (χ2v) is 29.9. The lowest BCUT2D eigenvalue weighted by Crippen LogP contribution is -2.61. The van der Waals surface area contributed by atoms with E-state index in [-0.39, 0.29) is 159 Å². The summed E-state index contributed by atoms with van der Waals surface area (Å²) in [5, 5.41) is 36.7. The van der Waals surface area contributed by atoms with E-state index in [9.17, 15) is 62.6 Å². The van der Waals surface area contributed by atoms with Gasteiger partial charge in [-0.3, -0.25) is 77.3 Å². The lowest BCUT2D eigenvalue weighted by molar-refractivity contribution is -0.145. The van der Waals surface area contributed by atoms with Gasteiger partial charge in [-0.05, 0) is 186 Å². The van der Waals surface area contributed by atoms with Gasteiger partial charge in [-0.1, -0.05) is 36.4 Å². The molecule has 2 aromatic carbocycles. The number of likely N-dealkylation sites (tertiary alicyclic amines) is 3. The zero-order chi connectivity index (χ0) is 86.7. The Morgan fingerprint density at radius 3 is 1.27 bits per heavy atom. The van der Waals surface area contributed by atoms with Crippen LogP contribution in [-0.4, -0.2) is 257 Å². The Hall–Kier alpha value is -11.8. The summed E-state index contributed by atoms with van der Waals surface area (Å²) in [4.78, 5) is 207. The van der Waals surface area contributed by atoms with Crippen molar-refractivity contribution in [2.45, 2.75) is 221 Å². The number of aliphatic hydroxyl groups is 1. The van der Waals surface area contributed by atoms with Gasteiger partial charge in [0.05, 0.1) is 35.5 Å². The molecule has 13 amide bonds. The van der Waals surface area contributed by atoms with Crippen molar-refractivity contribution in [1.82, 2.24) is 67.5 Å². The van der Waals surface area contributed by atoms with Crippen LogP contribution in [0.25, 0.3) is 21.8 Å². The number of hydrogen-bond acceptors (Lipinski definition) is 22. The molecule has 7 rings (SSSR count). The first kappa shape index (κ1) is 94.3. The topological polar surface area (TPSA) is 683 Å². The van der Waals surface area contributed by atoms with E-state index in [0.717, 1.165) is 0 Å². The van der Waals surface area contributed by atoms with Crippen LogP contribution in [0.3, 0.4) is 0 Å². The molecule has 5 heterocycles. The van der Waals surface area contributed by atoms with Crippen molar-refractivity contribution >= 4 is 116 Å². The quantitative estimate of drug-likeness (QED) is 0.00854. The third-order valence-electron chi connectivity index (χ3n) is 20.9. The summed E-state index contributed by atoms with van der Waals surface area (Å²) >= 11 is 0. The molecule has 0 saturated carbocycles. The zero-order valence-corrected chi connectivity index (χ0v) is 67.5. The molecule has 12 atom stereocenters. The van der Waals surface area contributed by atoms with Gasteiger partial charge in [0.1, 0.15) is 72.2 Å². The Balaban J connectivity index is 1.04. The van der Waals surface area contributed by atoms with Crippen molar-refractivity contribution in [3.05, 3.63) is 78.3 Å². The number of benzene rings is 2. The van der Waals surface area contributed by atoms with Gasteiger partial charge in [-0.2, -0.15) is 0 Å². The van der Waals surface area contributed by atoms with Gasteiger partial charge in [0.2, 0.25) is 70.9 Å². The lowest BCUT2D eigenvalue weighted by atomic mass is 10.0. The number of amides is 13. The van der Waals surface area contributed by atoms with Crippen LogP contribution in [0.2, 0.25) is 0 Å². The average Bonchev–Trinajstić information content (AvgIpc) is 1.51. The van der Waals surface area contributed by atoms with Crippen LogP contribution < -0.4 is 105 Å². The van der Waals surface area contributed by atoms with Crippen molar-refractivity contribution in [3.63, 3.8) is 0 Å². The van der Waals surface area contributed by atoms with Crippen molar-refractivity contribution in [2.24, 2.45) is 72.3 Å². The lowest BCUT2D eigenvalue weighted by Gasteiger charge is -2.32. The van der Waals surface area contributed by atoms with Gasteiger partial charge in [-0.15, -0.1) is 0 Å². The van der Waals surface area contributed by atoms with Crippen LogP contribution in [0.1, 0.15) is 158 Å². The number of carbonyl (C=O) groups excluding carboxylic acids is 13. The van der Waals surface area contributed by atoms with Crippen molar-refractivity contribution < 1.29 is 71.9 Å². The predicted octanol–water partition coefficient (Wildman–Crippen LogP) is -4.78. The van der Waals surface area contributed by atoms with Crippen molar-refractivity contribution in [3.8, 4) is 0 Å². The van der Waals surface area contributed by atoms with E-state index in [1.54, 1.807) is 60.7 Å². The van der Waals surface area contributed by atoms with E-state index in [2.05, 4.69) is 62.8 Å². The number of pyridine rings is 1.